The first-order valence-electron chi connectivity index (χ1n) is 9.40. The topological polar surface area (TPSA) is 79.7 Å². The highest BCUT2D eigenvalue weighted by Gasteiger charge is 2.37. The van der Waals surface area contributed by atoms with Gasteiger partial charge in [0.25, 0.3) is 5.56 Å². The fourth-order valence-corrected chi connectivity index (χ4v) is 4.14. The zero-order valence-corrected chi connectivity index (χ0v) is 17.2. The number of hydrogen-bond acceptors (Lipinski definition) is 5. The average molecular weight is 457 g/mol. The monoisotopic (exact) mass is 456 g/mol. The lowest BCUT2D eigenvalue weighted by molar-refractivity contribution is -0.138. The zero-order valence-electron chi connectivity index (χ0n) is 16.4. The molecule has 1 aliphatic rings. The molecule has 12 heteroatoms. The normalized spacial score (nSPS) is 17.5. The molecule has 0 radical (unpaired) electrons. The van der Waals surface area contributed by atoms with Crippen LogP contribution in [0.4, 0.5) is 23.2 Å². The van der Waals surface area contributed by atoms with E-state index in [1.54, 1.807) is 6.92 Å². The molecule has 0 unspecified atom stereocenters. The molecule has 2 aromatic heterocycles. The Kier molecular flexibility index (Phi) is 5.24. The van der Waals surface area contributed by atoms with Crippen LogP contribution in [-0.2, 0) is 12.6 Å². The van der Waals surface area contributed by atoms with Crippen LogP contribution in [0, 0.1) is 5.82 Å². The predicted molar refractivity (Wildman–Crippen MR) is 105 cm³/mol. The molecule has 1 aromatic carbocycles. The number of anilines is 1. The van der Waals surface area contributed by atoms with Gasteiger partial charge >= 0.3 is 6.18 Å². The Bertz CT molecular complexity index is 1190. The van der Waals surface area contributed by atoms with Crippen molar-refractivity contribution in [3.63, 3.8) is 0 Å². The van der Waals surface area contributed by atoms with E-state index in [0.717, 1.165) is 12.1 Å². The van der Waals surface area contributed by atoms with Crippen LogP contribution >= 0.6 is 11.6 Å². The molecule has 0 fully saturated rings. The predicted octanol–water partition coefficient (Wildman–Crippen LogP) is 3.91. The van der Waals surface area contributed by atoms with Crippen LogP contribution in [0.1, 0.15) is 48.4 Å². The minimum Gasteiger partial charge on any atom is -0.360 e. The second-order valence-electron chi connectivity index (χ2n) is 7.29. The smallest absolute Gasteiger partial charge is 0.360 e. The SMILES string of the molecule is C[C@H]1c2nnn([C@@H](C)c3ccc(F)cc3C(F)(F)F)c2CCN1c1cn[nH]c(=O)c1Cl. The summed E-state index contributed by atoms with van der Waals surface area (Å²) < 4.78 is 55.4. The summed E-state index contributed by atoms with van der Waals surface area (Å²) in [7, 11) is 0. The molecule has 3 heterocycles. The Morgan fingerprint density at radius 3 is 2.77 bits per heavy atom. The summed E-state index contributed by atoms with van der Waals surface area (Å²) >= 11 is 6.12. The maximum atomic E-state index is 13.5. The minimum atomic E-state index is -4.71. The van der Waals surface area contributed by atoms with Crippen LogP contribution in [0.15, 0.2) is 29.2 Å². The minimum absolute atomic E-state index is 0.00723. The summed E-state index contributed by atoms with van der Waals surface area (Å²) in [6.45, 7) is 3.82. The number of hydrogen-bond donors (Lipinski definition) is 1. The molecule has 3 aromatic rings. The van der Waals surface area contributed by atoms with E-state index < -0.39 is 29.2 Å². The lowest BCUT2D eigenvalue weighted by Gasteiger charge is -2.35. The Hall–Kier alpha value is -2.95. The average Bonchev–Trinajstić information content (AvgIpc) is 3.14. The van der Waals surface area contributed by atoms with Gasteiger partial charge in [0.2, 0.25) is 0 Å². The molecule has 0 aliphatic carbocycles. The van der Waals surface area contributed by atoms with Crippen molar-refractivity contribution in [2.24, 2.45) is 0 Å². The number of H-pyrrole nitrogens is 1. The lowest BCUT2D eigenvalue weighted by Crippen LogP contribution is -2.36. The van der Waals surface area contributed by atoms with Gasteiger partial charge in [0.05, 0.1) is 35.2 Å². The molecule has 4 rings (SSSR count). The number of alkyl halides is 3. The highest BCUT2D eigenvalue weighted by Crippen LogP contribution is 2.39. The number of aromatic amines is 1. The largest absolute Gasteiger partial charge is 0.416 e. The first-order chi connectivity index (χ1) is 14.6. The molecule has 0 saturated carbocycles. The van der Waals surface area contributed by atoms with Crippen LogP contribution in [0.3, 0.4) is 0 Å². The zero-order chi connectivity index (χ0) is 22.5. The number of aromatic nitrogens is 5. The van der Waals surface area contributed by atoms with Gasteiger partial charge in [-0.2, -0.15) is 18.3 Å². The summed E-state index contributed by atoms with van der Waals surface area (Å²) in [6, 6.07) is 1.44. The molecule has 164 valence electrons. The summed E-state index contributed by atoms with van der Waals surface area (Å²) in [5.41, 5.74) is -0.00292. The third-order valence-corrected chi connectivity index (χ3v) is 5.86. The van der Waals surface area contributed by atoms with Crippen molar-refractivity contribution in [2.75, 3.05) is 11.4 Å². The fraction of sp³-hybridized carbons (Fsp3) is 0.368. The standard InChI is InChI=1S/C19H17ClF4N6O/c1-9(12-4-3-11(21)7-13(12)19(22,23)24)30-14-5-6-29(10(2)17(14)26-28-30)15-8-25-27-18(31)16(15)20/h3-4,7-10H,5-6H2,1-2H3,(H,27,31)/t9-,10-/m0/s1. The van der Waals surface area contributed by atoms with Crippen LogP contribution in [0.2, 0.25) is 5.02 Å². The Balaban J connectivity index is 1.72. The van der Waals surface area contributed by atoms with Crippen molar-refractivity contribution in [3.8, 4) is 0 Å². The second-order valence-corrected chi connectivity index (χ2v) is 7.67. The van der Waals surface area contributed by atoms with E-state index >= 15 is 0 Å². The molecule has 1 aliphatic heterocycles. The van der Waals surface area contributed by atoms with E-state index in [-0.39, 0.29) is 16.6 Å². The van der Waals surface area contributed by atoms with Gasteiger partial charge in [0, 0.05) is 13.0 Å². The van der Waals surface area contributed by atoms with Crippen LogP contribution < -0.4 is 10.5 Å². The van der Waals surface area contributed by atoms with Gasteiger partial charge in [-0.1, -0.05) is 22.9 Å². The van der Waals surface area contributed by atoms with Gasteiger partial charge in [-0.3, -0.25) is 4.79 Å². The first-order valence-corrected chi connectivity index (χ1v) is 9.77. The van der Waals surface area contributed by atoms with E-state index in [9.17, 15) is 22.4 Å². The number of nitrogens with one attached hydrogen (secondary N) is 1. The first kappa shape index (κ1) is 21.3. The van der Waals surface area contributed by atoms with Crippen molar-refractivity contribution < 1.29 is 17.6 Å². The van der Waals surface area contributed by atoms with Crippen molar-refractivity contribution in [3.05, 3.63) is 68.1 Å². The van der Waals surface area contributed by atoms with Crippen LogP contribution in [0.5, 0.6) is 0 Å². The summed E-state index contributed by atoms with van der Waals surface area (Å²) in [5, 5.41) is 14.3. The molecule has 0 saturated heterocycles. The number of rotatable bonds is 3. The summed E-state index contributed by atoms with van der Waals surface area (Å²) in [4.78, 5) is 13.6. The van der Waals surface area contributed by atoms with Crippen molar-refractivity contribution in [1.29, 1.82) is 0 Å². The number of nitrogens with zero attached hydrogens (tertiary/aromatic N) is 5. The molecule has 1 N–H and O–H groups in total. The third kappa shape index (κ3) is 3.67. The van der Waals surface area contributed by atoms with Crippen LogP contribution in [0.25, 0.3) is 0 Å². The number of benzene rings is 1. The lowest BCUT2D eigenvalue weighted by atomic mass is 9.99. The van der Waals surface area contributed by atoms with E-state index in [1.165, 1.54) is 10.9 Å². The molecule has 0 bridgehead atoms. The maximum absolute atomic E-state index is 13.5. The quantitative estimate of drug-likeness (QED) is 0.605. The second kappa shape index (κ2) is 7.63. The third-order valence-electron chi connectivity index (χ3n) is 5.50. The molecule has 0 spiro atoms. The van der Waals surface area contributed by atoms with Gasteiger partial charge in [-0.05, 0) is 31.5 Å². The van der Waals surface area contributed by atoms with Gasteiger partial charge < -0.3 is 4.90 Å². The number of halogens is 5. The van der Waals surface area contributed by atoms with E-state index in [1.807, 2.05) is 11.8 Å². The molecule has 2 atom stereocenters. The van der Waals surface area contributed by atoms with Crippen molar-refractivity contribution in [1.82, 2.24) is 25.2 Å². The van der Waals surface area contributed by atoms with Gasteiger partial charge in [-0.25, -0.2) is 14.2 Å². The highest BCUT2D eigenvalue weighted by molar-refractivity contribution is 6.33. The molecule has 0 amide bonds. The van der Waals surface area contributed by atoms with Crippen molar-refractivity contribution >= 4 is 17.3 Å². The molecule has 7 nitrogen and oxygen atoms in total. The summed E-state index contributed by atoms with van der Waals surface area (Å²) in [5.74, 6) is -0.962. The molecule has 31 heavy (non-hydrogen) atoms. The van der Waals surface area contributed by atoms with Gasteiger partial charge in [0.1, 0.15) is 16.5 Å². The van der Waals surface area contributed by atoms with Crippen molar-refractivity contribution in [2.45, 2.75) is 38.5 Å². The van der Waals surface area contributed by atoms with E-state index in [4.69, 9.17) is 11.6 Å². The van der Waals surface area contributed by atoms with E-state index in [2.05, 4.69) is 20.5 Å². The van der Waals surface area contributed by atoms with Crippen LogP contribution in [-0.4, -0.2) is 31.7 Å². The Labute approximate surface area is 178 Å². The van der Waals surface area contributed by atoms with E-state index in [0.29, 0.717) is 36.1 Å². The molecular formula is C19H17ClF4N6O. The van der Waals surface area contributed by atoms with Gasteiger partial charge in [0.15, 0.2) is 0 Å². The summed E-state index contributed by atoms with van der Waals surface area (Å²) in [6.07, 6.45) is -2.87. The number of fused-ring (bicyclic) bond motifs is 1. The fourth-order valence-electron chi connectivity index (χ4n) is 3.95. The molecular weight excluding hydrogens is 440 g/mol. The Morgan fingerprint density at radius 2 is 2.06 bits per heavy atom. The maximum Gasteiger partial charge on any atom is 0.416 e. The Morgan fingerprint density at radius 1 is 1.32 bits per heavy atom. The highest BCUT2D eigenvalue weighted by atomic mass is 35.5. The van der Waals surface area contributed by atoms with Gasteiger partial charge in [-0.15, -0.1) is 5.10 Å².